The topological polar surface area (TPSA) is 198 Å². The fourth-order valence-corrected chi connectivity index (χ4v) is 2.69. The largest absolute Gasteiger partial charge is 0.470 e. The Labute approximate surface area is 176 Å². The van der Waals surface area contributed by atoms with E-state index in [-0.39, 0.29) is 18.1 Å². The Morgan fingerprint density at radius 1 is 1.35 bits per heavy atom. The van der Waals surface area contributed by atoms with Gasteiger partial charge >= 0.3 is 13.8 Å². The second-order valence-electron chi connectivity index (χ2n) is 6.17. The van der Waals surface area contributed by atoms with Gasteiger partial charge in [0.15, 0.2) is 13.3 Å². The van der Waals surface area contributed by atoms with Crippen molar-refractivity contribution in [1.82, 2.24) is 5.01 Å². The maximum Gasteiger partial charge on any atom is 0.470 e. The summed E-state index contributed by atoms with van der Waals surface area (Å²) in [5.41, 5.74) is 3.99. The molecular formula is C17H17N6O7P. The van der Waals surface area contributed by atoms with Crippen LogP contribution in [0, 0.1) is 28.6 Å². The second-order valence-corrected chi connectivity index (χ2v) is 7.41. The van der Waals surface area contributed by atoms with Crippen LogP contribution < -0.4 is 5.43 Å². The molecule has 0 aliphatic carbocycles. The molecule has 0 spiro atoms. The van der Waals surface area contributed by atoms with Gasteiger partial charge in [0.1, 0.15) is 12.1 Å². The Morgan fingerprint density at radius 3 is 2.58 bits per heavy atom. The lowest BCUT2D eigenvalue weighted by Gasteiger charge is -2.27. The number of hydrogen-bond acceptors (Lipinski definition) is 10. The first-order chi connectivity index (χ1) is 14.6. The molecule has 31 heavy (non-hydrogen) atoms. The minimum absolute atomic E-state index is 0.105. The second kappa shape index (κ2) is 10.4. The monoisotopic (exact) mass is 448 g/mol. The highest BCUT2D eigenvalue weighted by Gasteiger charge is 2.28. The van der Waals surface area contributed by atoms with Crippen LogP contribution in [0.4, 0.5) is 5.69 Å². The van der Waals surface area contributed by atoms with Gasteiger partial charge in [-0.2, -0.15) is 25.7 Å². The number of phosphoric acid groups is 1. The predicted molar refractivity (Wildman–Crippen MR) is 105 cm³/mol. The third-order valence-electron chi connectivity index (χ3n) is 3.85. The molecule has 3 N–H and O–H groups in total. The van der Waals surface area contributed by atoms with Crippen LogP contribution in [0.25, 0.3) is 0 Å². The molecule has 1 atom stereocenters. The SMILES string of the molecule is C[C@@H]1CC(=O)N(COC(=O)COP(=O)(O)O)N=C1c1ccc(NN=C(C#N)C#N)cc1. The summed E-state index contributed by atoms with van der Waals surface area (Å²) in [6.07, 6.45) is 0.105. The van der Waals surface area contributed by atoms with Crippen LogP contribution in [0.1, 0.15) is 18.9 Å². The Kier molecular flexibility index (Phi) is 7.96. The summed E-state index contributed by atoms with van der Waals surface area (Å²) in [4.78, 5) is 40.8. The molecule has 1 aromatic rings. The van der Waals surface area contributed by atoms with E-state index in [9.17, 15) is 14.2 Å². The number of rotatable bonds is 8. The maximum atomic E-state index is 12.2. The van der Waals surface area contributed by atoms with Crippen molar-refractivity contribution >= 4 is 36.8 Å². The summed E-state index contributed by atoms with van der Waals surface area (Å²) in [5, 5.41) is 26.1. The van der Waals surface area contributed by atoms with Gasteiger partial charge in [0.2, 0.25) is 11.6 Å². The van der Waals surface area contributed by atoms with E-state index in [1.807, 2.05) is 0 Å². The molecule has 13 nitrogen and oxygen atoms in total. The van der Waals surface area contributed by atoms with Crippen molar-refractivity contribution in [3.8, 4) is 12.1 Å². The van der Waals surface area contributed by atoms with Gasteiger partial charge in [-0.1, -0.05) is 19.1 Å². The molecule has 0 saturated carbocycles. The molecule has 0 saturated heterocycles. The van der Waals surface area contributed by atoms with E-state index < -0.39 is 33.0 Å². The van der Waals surface area contributed by atoms with Crippen molar-refractivity contribution in [2.45, 2.75) is 13.3 Å². The van der Waals surface area contributed by atoms with Crippen molar-refractivity contribution in [1.29, 1.82) is 10.5 Å². The van der Waals surface area contributed by atoms with Crippen molar-refractivity contribution in [2.75, 3.05) is 18.8 Å². The molecular weight excluding hydrogens is 431 g/mol. The fourth-order valence-electron chi connectivity index (χ4n) is 2.41. The Morgan fingerprint density at radius 2 is 2.00 bits per heavy atom. The standard InChI is InChI=1S/C17H17N6O7P/c1-11-6-15(24)23(10-29-16(25)9-30-31(26,27)28)22-17(11)12-2-4-13(5-3-12)20-21-14(7-18)8-19/h2-5,11,20H,6,9-10H2,1H3,(H2,26,27,28)/t11-/m1/s1. The number of esters is 1. The summed E-state index contributed by atoms with van der Waals surface area (Å²) >= 11 is 0. The molecule has 1 amide bonds. The average Bonchev–Trinajstić information content (AvgIpc) is 2.72. The highest BCUT2D eigenvalue weighted by molar-refractivity contribution is 7.46. The zero-order valence-electron chi connectivity index (χ0n) is 16.1. The van der Waals surface area contributed by atoms with E-state index in [1.54, 1.807) is 43.3 Å². The summed E-state index contributed by atoms with van der Waals surface area (Å²) in [5.74, 6) is -1.69. The first kappa shape index (κ1) is 23.7. The van der Waals surface area contributed by atoms with Gasteiger partial charge in [-0.3, -0.25) is 14.7 Å². The predicted octanol–water partition coefficient (Wildman–Crippen LogP) is 0.684. The van der Waals surface area contributed by atoms with Gasteiger partial charge in [-0.05, 0) is 17.7 Å². The number of nitrogens with zero attached hydrogens (tertiary/aromatic N) is 5. The summed E-state index contributed by atoms with van der Waals surface area (Å²) in [6, 6.07) is 9.91. The number of hydrogen-bond donors (Lipinski definition) is 3. The highest BCUT2D eigenvalue weighted by Crippen LogP contribution is 2.35. The molecule has 0 radical (unpaired) electrons. The van der Waals surface area contributed by atoms with E-state index in [1.165, 1.54) is 0 Å². The summed E-state index contributed by atoms with van der Waals surface area (Å²) in [6.45, 7) is 0.282. The number of carbonyl (C=O) groups is 2. The smallest absolute Gasteiger partial charge is 0.440 e. The van der Waals surface area contributed by atoms with Crippen LogP contribution in [0.15, 0.2) is 34.5 Å². The zero-order chi connectivity index (χ0) is 23.0. The van der Waals surface area contributed by atoms with Gasteiger partial charge < -0.3 is 14.5 Å². The number of nitrogens with one attached hydrogen (secondary N) is 1. The molecule has 1 aliphatic rings. The number of hydrazone groups is 2. The normalized spacial score (nSPS) is 15.9. The van der Waals surface area contributed by atoms with Crippen LogP contribution in [-0.4, -0.2) is 51.4 Å². The molecule has 1 aliphatic heterocycles. The van der Waals surface area contributed by atoms with Gasteiger partial charge in [0.05, 0.1) is 11.4 Å². The molecule has 1 heterocycles. The molecule has 162 valence electrons. The summed E-state index contributed by atoms with van der Waals surface area (Å²) in [7, 11) is -4.82. The van der Waals surface area contributed by atoms with Crippen LogP contribution in [0.5, 0.6) is 0 Å². The quantitative estimate of drug-likeness (QED) is 0.220. The number of phosphoric ester groups is 1. The number of nitriles is 2. The van der Waals surface area contributed by atoms with Gasteiger partial charge in [0.25, 0.3) is 0 Å². The van der Waals surface area contributed by atoms with Crippen molar-refractivity contribution in [3.63, 3.8) is 0 Å². The Bertz CT molecular complexity index is 1020. The number of amides is 1. The number of benzene rings is 1. The van der Waals surface area contributed by atoms with Crippen LogP contribution >= 0.6 is 7.82 Å². The van der Waals surface area contributed by atoms with Crippen molar-refractivity contribution < 1.29 is 33.2 Å². The summed E-state index contributed by atoms with van der Waals surface area (Å²) < 4.78 is 19.4. The third kappa shape index (κ3) is 7.29. The molecule has 0 unspecified atom stereocenters. The Hall–Kier alpha value is -3.61. The van der Waals surface area contributed by atoms with E-state index in [0.717, 1.165) is 5.01 Å². The molecule has 0 aromatic heterocycles. The lowest BCUT2D eigenvalue weighted by Crippen LogP contribution is -2.38. The van der Waals surface area contributed by atoms with Crippen molar-refractivity contribution in [3.05, 3.63) is 29.8 Å². The maximum absolute atomic E-state index is 12.2. The lowest BCUT2D eigenvalue weighted by atomic mass is 9.94. The minimum Gasteiger partial charge on any atom is -0.440 e. The van der Waals surface area contributed by atoms with Crippen LogP contribution in [-0.2, 0) is 23.4 Å². The minimum atomic E-state index is -4.82. The molecule has 1 aromatic carbocycles. The first-order valence-corrected chi connectivity index (χ1v) is 10.1. The number of anilines is 1. The number of ether oxygens (including phenoxy) is 1. The van der Waals surface area contributed by atoms with E-state index in [2.05, 4.69) is 20.2 Å². The molecule has 0 bridgehead atoms. The molecule has 0 fully saturated rings. The van der Waals surface area contributed by atoms with E-state index in [0.29, 0.717) is 17.0 Å². The zero-order valence-corrected chi connectivity index (χ0v) is 17.0. The van der Waals surface area contributed by atoms with Crippen LogP contribution in [0.3, 0.4) is 0 Å². The van der Waals surface area contributed by atoms with Crippen molar-refractivity contribution in [2.24, 2.45) is 16.1 Å². The van der Waals surface area contributed by atoms with Gasteiger partial charge in [-0.15, -0.1) is 0 Å². The third-order valence-corrected chi connectivity index (χ3v) is 4.32. The van der Waals surface area contributed by atoms with Gasteiger partial charge in [0, 0.05) is 12.3 Å². The van der Waals surface area contributed by atoms with E-state index in [4.69, 9.17) is 25.0 Å². The number of carbonyl (C=O) groups excluding carboxylic acids is 2. The molecule has 2 rings (SSSR count). The van der Waals surface area contributed by atoms with E-state index >= 15 is 0 Å². The average molecular weight is 448 g/mol. The molecule has 14 heteroatoms. The first-order valence-electron chi connectivity index (χ1n) is 8.62. The highest BCUT2D eigenvalue weighted by atomic mass is 31.2. The van der Waals surface area contributed by atoms with Crippen LogP contribution in [0.2, 0.25) is 0 Å². The fraction of sp³-hybridized carbons (Fsp3) is 0.294. The lowest BCUT2D eigenvalue weighted by molar-refractivity contribution is -0.156. The Balaban J connectivity index is 2.07. The van der Waals surface area contributed by atoms with Gasteiger partial charge in [-0.25, -0.2) is 9.36 Å².